The summed E-state index contributed by atoms with van der Waals surface area (Å²) in [4.78, 5) is 10.1. The van der Waals surface area contributed by atoms with Gasteiger partial charge in [-0.25, -0.2) is 0 Å². The van der Waals surface area contributed by atoms with E-state index >= 15 is 0 Å². The topological polar surface area (TPSA) is 85.0 Å². The molecule has 1 heterocycles. The van der Waals surface area contributed by atoms with Crippen LogP contribution in [0.1, 0.15) is 6.42 Å². The molecule has 0 saturated heterocycles. The molecule has 0 aliphatic rings. The first kappa shape index (κ1) is 16.2. The summed E-state index contributed by atoms with van der Waals surface area (Å²) >= 11 is 10.9. The fourth-order valence-electron chi connectivity index (χ4n) is 1.75. The number of hydrogen-bond acceptors (Lipinski definition) is 4. The van der Waals surface area contributed by atoms with Crippen LogP contribution in [0.2, 0.25) is 5.02 Å². The molecule has 0 amide bonds. The van der Waals surface area contributed by atoms with Crippen LogP contribution >= 0.6 is 23.8 Å². The lowest BCUT2D eigenvalue weighted by atomic mass is 10.3. The van der Waals surface area contributed by atoms with Crippen molar-refractivity contribution in [2.75, 3.05) is 11.9 Å². The van der Waals surface area contributed by atoms with E-state index in [-0.39, 0.29) is 5.69 Å². The van der Waals surface area contributed by atoms with Crippen LogP contribution in [0.5, 0.6) is 0 Å². The van der Waals surface area contributed by atoms with E-state index in [1.165, 1.54) is 12.1 Å². The lowest BCUT2D eigenvalue weighted by molar-refractivity contribution is -0.384. The van der Waals surface area contributed by atoms with Gasteiger partial charge >= 0.3 is 0 Å². The summed E-state index contributed by atoms with van der Waals surface area (Å²) in [6.07, 6.45) is 4.19. The van der Waals surface area contributed by atoms with Gasteiger partial charge in [-0.2, -0.15) is 5.10 Å². The van der Waals surface area contributed by atoms with Gasteiger partial charge in [-0.15, -0.1) is 0 Å². The van der Waals surface area contributed by atoms with Gasteiger partial charge in [0.05, 0.1) is 16.1 Å². The highest BCUT2D eigenvalue weighted by atomic mass is 35.5. The minimum atomic E-state index is -0.443. The van der Waals surface area contributed by atoms with Gasteiger partial charge in [0, 0.05) is 37.1 Å². The number of halogens is 1. The van der Waals surface area contributed by atoms with Crippen molar-refractivity contribution in [2.45, 2.75) is 13.0 Å². The number of nitrogens with zero attached hydrogens (tertiary/aromatic N) is 3. The van der Waals surface area contributed by atoms with Crippen LogP contribution in [0.25, 0.3) is 0 Å². The quantitative estimate of drug-likeness (QED) is 0.364. The highest BCUT2D eigenvalue weighted by Gasteiger charge is 2.04. The fraction of sp³-hybridized carbons (Fsp3) is 0.231. The summed E-state index contributed by atoms with van der Waals surface area (Å²) < 4.78 is 1.76. The van der Waals surface area contributed by atoms with Crippen LogP contribution < -0.4 is 10.6 Å². The van der Waals surface area contributed by atoms with Gasteiger partial charge in [0.2, 0.25) is 0 Å². The predicted octanol–water partition coefficient (Wildman–Crippen LogP) is 2.82. The van der Waals surface area contributed by atoms with Crippen LogP contribution in [-0.2, 0) is 6.54 Å². The molecule has 116 valence electrons. The van der Waals surface area contributed by atoms with Crippen molar-refractivity contribution in [3.05, 3.63) is 51.8 Å². The average molecular weight is 340 g/mol. The first-order chi connectivity index (χ1) is 10.5. The van der Waals surface area contributed by atoms with Crippen molar-refractivity contribution in [1.82, 2.24) is 15.1 Å². The molecule has 0 bridgehead atoms. The molecule has 22 heavy (non-hydrogen) atoms. The summed E-state index contributed by atoms with van der Waals surface area (Å²) in [5.74, 6) is 0. The Morgan fingerprint density at radius 1 is 1.41 bits per heavy atom. The molecule has 2 rings (SSSR count). The van der Waals surface area contributed by atoms with E-state index in [9.17, 15) is 10.1 Å². The molecule has 1 aromatic carbocycles. The molecule has 0 saturated carbocycles. The molecule has 7 nitrogen and oxygen atoms in total. The molecule has 2 N–H and O–H groups in total. The number of hydrogen-bond donors (Lipinski definition) is 2. The first-order valence-corrected chi connectivity index (χ1v) is 7.30. The summed E-state index contributed by atoms with van der Waals surface area (Å²) in [5, 5.41) is 21.7. The molecule has 1 aromatic heterocycles. The van der Waals surface area contributed by atoms with Crippen molar-refractivity contribution < 1.29 is 4.92 Å². The molecule has 0 spiro atoms. The molecule has 0 unspecified atom stereocenters. The van der Waals surface area contributed by atoms with Gasteiger partial charge in [0.1, 0.15) is 0 Å². The Labute approximate surface area is 137 Å². The average Bonchev–Trinajstić information content (AvgIpc) is 2.90. The molecule has 0 atom stereocenters. The number of thiocarbonyl (C=S) groups is 1. The zero-order chi connectivity index (χ0) is 15.9. The van der Waals surface area contributed by atoms with Crippen LogP contribution in [0, 0.1) is 10.1 Å². The number of rotatable bonds is 6. The van der Waals surface area contributed by atoms with E-state index in [0.29, 0.717) is 22.4 Å². The minimum Gasteiger partial charge on any atom is -0.362 e. The van der Waals surface area contributed by atoms with Gasteiger partial charge in [0.15, 0.2) is 5.11 Å². The van der Waals surface area contributed by atoms with Gasteiger partial charge in [-0.05, 0) is 30.8 Å². The largest absolute Gasteiger partial charge is 0.362 e. The summed E-state index contributed by atoms with van der Waals surface area (Å²) in [6.45, 7) is 1.41. The Balaban J connectivity index is 1.70. The molecule has 0 fully saturated rings. The third-order valence-electron chi connectivity index (χ3n) is 2.79. The van der Waals surface area contributed by atoms with Gasteiger partial charge in [0.25, 0.3) is 5.69 Å². The Kier molecular flexibility index (Phi) is 5.68. The van der Waals surface area contributed by atoms with Gasteiger partial charge < -0.3 is 10.6 Å². The van der Waals surface area contributed by atoms with E-state index in [4.69, 9.17) is 23.8 Å². The zero-order valence-electron chi connectivity index (χ0n) is 11.5. The maximum absolute atomic E-state index is 10.6. The minimum absolute atomic E-state index is 0.0438. The smallest absolute Gasteiger partial charge is 0.269 e. The Hall–Kier alpha value is -2.19. The lowest BCUT2D eigenvalue weighted by Crippen LogP contribution is -2.29. The van der Waals surface area contributed by atoms with Gasteiger partial charge in [-0.1, -0.05) is 11.6 Å². The number of nitro groups is 1. The Bertz CT molecular complexity index is 659. The SMILES string of the molecule is O=[N+]([O-])c1ccc(NC(=S)NCCCn2cc(Cl)cn2)cc1. The van der Waals surface area contributed by atoms with Crippen LogP contribution in [-0.4, -0.2) is 26.4 Å². The molecular weight excluding hydrogens is 326 g/mol. The monoisotopic (exact) mass is 339 g/mol. The van der Waals surface area contributed by atoms with Crippen LogP contribution in [0.3, 0.4) is 0 Å². The second kappa shape index (κ2) is 7.71. The maximum atomic E-state index is 10.6. The lowest BCUT2D eigenvalue weighted by Gasteiger charge is -2.10. The molecular formula is C13H14ClN5O2S. The number of aromatic nitrogens is 2. The highest BCUT2D eigenvalue weighted by Crippen LogP contribution is 2.15. The van der Waals surface area contributed by atoms with Crippen molar-refractivity contribution >= 4 is 40.3 Å². The van der Waals surface area contributed by atoms with Crippen LogP contribution in [0.15, 0.2) is 36.7 Å². The third-order valence-corrected chi connectivity index (χ3v) is 3.23. The van der Waals surface area contributed by atoms with Crippen LogP contribution in [0.4, 0.5) is 11.4 Å². The maximum Gasteiger partial charge on any atom is 0.269 e. The summed E-state index contributed by atoms with van der Waals surface area (Å²) in [6, 6.07) is 6.06. The second-order valence-corrected chi connectivity index (χ2v) is 5.30. The van der Waals surface area contributed by atoms with Crippen molar-refractivity contribution in [2.24, 2.45) is 0 Å². The Morgan fingerprint density at radius 3 is 2.73 bits per heavy atom. The number of anilines is 1. The first-order valence-electron chi connectivity index (χ1n) is 6.52. The van der Waals surface area contributed by atoms with Crippen molar-refractivity contribution in [3.8, 4) is 0 Å². The standard InChI is InChI=1S/C13H14ClN5O2S/c14-10-8-16-18(9-10)7-1-6-15-13(22)17-11-2-4-12(5-3-11)19(20)21/h2-5,8-9H,1,6-7H2,(H2,15,17,22). The predicted molar refractivity (Wildman–Crippen MR) is 89.2 cm³/mol. The molecule has 0 aliphatic carbocycles. The summed E-state index contributed by atoms with van der Waals surface area (Å²) in [7, 11) is 0. The molecule has 9 heteroatoms. The number of aryl methyl sites for hydroxylation is 1. The van der Waals surface area contributed by atoms with E-state index in [1.54, 1.807) is 29.2 Å². The summed E-state index contributed by atoms with van der Waals surface area (Å²) in [5.41, 5.74) is 0.740. The normalized spacial score (nSPS) is 10.2. The van der Waals surface area contributed by atoms with E-state index < -0.39 is 4.92 Å². The van der Waals surface area contributed by atoms with Crippen molar-refractivity contribution in [1.29, 1.82) is 0 Å². The number of nitrogens with one attached hydrogen (secondary N) is 2. The molecule has 0 radical (unpaired) electrons. The second-order valence-electron chi connectivity index (χ2n) is 4.46. The van der Waals surface area contributed by atoms with Crippen molar-refractivity contribution in [3.63, 3.8) is 0 Å². The molecule has 0 aliphatic heterocycles. The fourth-order valence-corrected chi connectivity index (χ4v) is 2.12. The third kappa shape index (κ3) is 4.97. The number of non-ortho nitro benzene ring substituents is 1. The highest BCUT2D eigenvalue weighted by molar-refractivity contribution is 7.80. The molecule has 2 aromatic rings. The Morgan fingerprint density at radius 2 is 2.14 bits per heavy atom. The zero-order valence-corrected chi connectivity index (χ0v) is 13.1. The van der Waals surface area contributed by atoms with Gasteiger partial charge in [-0.3, -0.25) is 14.8 Å². The van der Waals surface area contributed by atoms with E-state index in [1.807, 2.05) is 0 Å². The van der Waals surface area contributed by atoms with E-state index in [2.05, 4.69) is 15.7 Å². The van der Waals surface area contributed by atoms with E-state index in [0.717, 1.165) is 13.0 Å². The number of benzene rings is 1. The number of nitro benzene ring substituents is 1.